The molecule has 3 aromatic carbocycles. The van der Waals surface area contributed by atoms with Crippen molar-refractivity contribution in [2.45, 2.75) is 18.8 Å². The van der Waals surface area contributed by atoms with Gasteiger partial charge in [0.1, 0.15) is 0 Å². The van der Waals surface area contributed by atoms with Gasteiger partial charge in [0.2, 0.25) is 0 Å². The molecule has 1 saturated heterocycles. The summed E-state index contributed by atoms with van der Waals surface area (Å²) in [7, 11) is 0. The Morgan fingerprint density at radius 1 is 0.943 bits per heavy atom. The van der Waals surface area contributed by atoms with Crippen LogP contribution in [0.25, 0.3) is 21.7 Å². The molecule has 7 heteroatoms. The molecule has 2 N–H and O–H groups in total. The van der Waals surface area contributed by atoms with Crippen LogP contribution in [0.5, 0.6) is 0 Å². The van der Waals surface area contributed by atoms with E-state index in [4.69, 9.17) is 0 Å². The molecule has 2 amide bonds. The maximum atomic E-state index is 13.1. The van der Waals surface area contributed by atoms with Gasteiger partial charge < -0.3 is 15.0 Å². The Kier molecular flexibility index (Phi) is 5.15. The van der Waals surface area contributed by atoms with Crippen LogP contribution in [0.2, 0.25) is 0 Å². The van der Waals surface area contributed by atoms with Crippen molar-refractivity contribution in [3.63, 3.8) is 0 Å². The number of nitrogens with zero attached hydrogens (tertiary/aromatic N) is 2. The number of hydrogen-bond acceptors (Lipinski definition) is 4. The zero-order chi connectivity index (χ0) is 24.1. The van der Waals surface area contributed by atoms with Gasteiger partial charge in [-0.15, -0.1) is 0 Å². The fraction of sp³-hybridized carbons (Fsp3) is 0.250. The molecule has 6 rings (SSSR count). The molecule has 0 radical (unpaired) electrons. The van der Waals surface area contributed by atoms with Crippen LogP contribution in [0.1, 0.15) is 55.4 Å². The molecule has 0 unspecified atom stereocenters. The number of amides is 2. The summed E-state index contributed by atoms with van der Waals surface area (Å²) in [4.78, 5) is 44.4. The number of aromatic nitrogens is 1. The topological polar surface area (TPSA) is 93.7 Å². The maximum Gasteiger partial charge on any atom is 0.335 e. The summed E-state index contributed by atoms with van der Waals surface area (Å²) in [5, 5.41) is 12.0. The molecule has 1 fully saturated rings. The molecule has 3 heterocycles. The molecule has 0 spiro atoms. The van der Waals surface area contributed by atoms with E-state index in [1.54, 1.807) is 24.3 Å². The third-order valence-corrected chi connectivity index (χ3v) is 7.48. The number of hydrogen-bond donors (Lipinski definition) is 2. The Morgan fingerprint density at radius 2 is 1.63 bits per heavy atom. The minimum Gasteiger partial charge on any atom is -0.478 e. The summed E-state index contributed by atoms with van der Waals surface area (Å²) in [6, 6.07) is 16.4. The molecule has 35 heavy (non-hydrogen) atoms. The van der Waals surface area contributed by atoms with Gasteiger partial charge in [-0.05, 0) is 67.1 Å². The van der Waals surface area contributed by atoms with Gasteiger partial charge in [0.15, 0.2) is 0 Å². The number of carbonyl (C=O) groups excluding carboxylic acids is 2. The molecular weight excluding hydrogens is 442 g/mol. The number of rotatable bonds is 5. The molecular formula is C28H25N3O4. The van der Waals surface area contributed by atoms with Gasteiger partial charge in [-0.25, -0.2) is 4.79 Å². The van der Waals surface area contributed by atoms with Gasteiger partial charge in [-0.1, -0.05) is 30.3 Å². The van der Waals surface area contributed by atoms with Gasteiger partial charge in [-0.3, -0.25) is 14.5 Å². The van der Waals surface area contributed by atoms with Crippen LogP contribution >= 0.6 is 0 Å². The minimum atomic E-state index is -0.929. The van der Waals surface area contributed by atoms with Crippen LogP contribution in [-0.2, 0) is 0 Å². The number of carbonyl (C=O) groups is 3. The van der Waals surface area contributed by atoms with Crippen LogP contribution in [0.15, 0.2) is 60.8 Å². The number of fused-ring (bicyclic) bond motifs is 1. The summed E-state index contributed by atoms with van der Waals surface area (Å²) in [5.74, 6) is -0.969. The number of likely N-dealkylation sites (tertiary alicyclic amines) is 1. The Morgan fingerprint density at radius 3 is 2.29 bits per heavy atom. The molecule has 4 aromatic rings. The fourth-order valence-corrected chi connectivity index (χ4v) is 5.61. The third-order valence-electron chi connectivity index (χ3n) is 7.48. The first-order valence-electron chi connectivity index (χ1n) is 12.0. The average Bonchev–Trinajstić information content (AvgIpc) is 3.31. The SMILES string of the molecule is O=C(O)c1ccc2c(C3CCN(CCN4C(=O)c5cccc6cccc(c56)C4=O)CC3)c[nH]c2c1. The van der Waals surface area contributed by atoms with Crippen molar-refractivity contribution in [1.29, 1.82) is 0 Å². The number of carboxylic acid groups (broad SMARTS) is 1. The Hall–Kier alpha value is -3.97. The zero-order valence-electron chi connectivity index (χ0n) is 19.2. The van der Waals surface area contributed by atoms with Gasteiger partial charge in [-0.2, -0.15) is 0 Å². The van der Waals surface area contributed by atoms with Gasteiger partial charge in [0.05, 0.1) is 5.56 Å². The van der Waals surface area contributed by atoms with E-state index in [1.165, 1.54) is 10.5 Å². The number of aromatic carboxylic acids is 1. The van der Waals surface area contributed by atoms with Crippen molar-refractivity contribution in [1.82, 2.24) is 14.8 Å². The van der Waals surface area contributed by atoms with E-state index in [-0.39, 0.29) is 17.4 Å². The first-order chi connectivity index (χ1) is 17.0. The highest BCUT2D eigenvalue weighted by Gasteiger charge is 2.33. The van der Waals surface area contributed by atoms with Crippen LogP contribution < -0.4 is 0 Å². The summed E-state index contributed by atoms with van der Waals surface area (Å²) < 4.78 is 0. The number of benzene rings is 3. The van der Waals surface area contributed by atoms with Crippen LogP contribution in [0.3, 0.4) is 0 Å². The second-order valence-electron chi connectivity index (χ2n) is 9.40. The second kappa shape index (κ2) is 8.36. The number of H-pyrrole nitrogens is 1. The van der Waals surface area contributed by atoms with Crippen molar-refractivity contribution in [3.05, 3.63) is 83.0 Å². The molecule has 1 aromatic heterocycles. The summed E-state index contributed by atoms with van der Waals surface area (Å²) in [5.41, 5.74) is 3.55. The van der Waals surface area contributed by atoms with Crippen molar-refractivity contribution >= 4 is 39.5 Å². The Bertz CT molecular complexity index is 1450. The lowest BCUT2D eigenvalue weighted by Gasteiger charge is -2.34. The largest absolute Gasteiger partial charge is 0.478 e. The monoisotopic (exact) mass is 467 g/mol. The lowest BCUT2D eigenvalue weighted by molar-refractivity contribution is 0.0585. The maximum absolute atomic E-state index is 13.1. The molecule has 0 aliphatic carbocycles. The third kappa shape index (κ3) is 3.59. The predicted octanol–water partition coefficient (Wildman–Crippen LogP) is 4.49. The lowest BCUT2D eigenvalue weighted by atomic mass is 9.89. The fourth-order valence-electron chi connectivity index (χ4n) is 5.61. The predicted molar refractivity (Wildman–Crippen MR) is 133 cm³/mol. The van der Waals surface area contributed by atoms with Crippen molar-refractivity contribution in [2.75, 3.05) is 26.2 Å². The van der Waals surface area contributed by atoms with Gasteiger partial charge in [0.25, 0.3) is 11.8 Å². The molecule has 7 nitrogen and oxygen atoms in total. The molecule has 2 aliphatic rings. The van der Waals surface area contributed by atoms with Gasteiger partial charge in [0, 0.05) is 46.7 Å². The van der Waals surface area contributed by atoms with Crippen LogP contribution in [-0.4, -0.2) is 63.9 Å². The number of imide groups is 1. The van der Waals surface area contributed by atoms with E-state index < -0.39 is 5.97 Å². The van der Waals surface area contributed by atoms with E-state index in [0.717, 1.165) is 47.6 Å². The quantitative estimate of drug-likeness (QED) is 0.422. The normalized spacial score (nSPS) is 17.0. The summed E-state index contributed by atoms with van der Waals surface area (Å²) in [6.07, 6.45) is 3.94. The molecule has 0 atom stereocenters. The van der Waals surface area contributed by atoms with E-state index in [1.807, 2.05) is 36.5 Å². The first kappa shape index (κ1) is 21.6. The van der Waals surface area contributed by atoms with Crippen LogP contribution in [0, 0.1) is 0 Å². The lowest BCUT2D eigenvalue weighted by Crippen LogP contribution is -2.45. The highest BCUT2D eigenvalue weighted by atomic mass is 16.4. The molecule has 0 bridgehead atoms. The molecule has 0 saturated carbocycles. The zero-order valence-corrected chi connectivity index (χ0v) is 19.2. The highest BCUT2D eigenvalue weighted by molar-refractivity contribution is 6.25. The van der Waals surface area contributed by atoms with Crippen LogP contribution in [0.4, 0.5) is 0 Å². The summed E-state index contributed by atoms with van der Waals surface area (Å²) >= 11 is 0. The standard InChI is InChI=1S/C28H25N3O4/c32-26-21-5-1-3-18-4-2-6-22(25(18)21)27(33)31(26)14-13-30-11-9-17(10-12-30)23-16-29-24-15-19(28(34)35)7-8-20(23)24/h1-8,15-17,29H,9-14H2,(H,34,35). The Balaban J connectivity index is 1.12. The van der Waals surface area contributed by atoms with Crippen molar-refractivity contribution in [2.24, 2.45) is 0 Å². The van der Waals surface area contributed by atoms with E-state index in [2.05, 4.69) is 9.88 Å². The Labute approximate surface area is 201 Å². The summed E-state index contributed by atoms with van der Waals surface area (Å²) in [6.45, 7) is 2.79. The van der Waals surface area contributed by atoms with Crippen molar-refractivity contribution in [3.8, 4) is 0 Å². The smallest absolute Gasteiger partial charge is 0.335 e. The van der Waals surface area contributed by atoms with Gasteiger partial charge >= 0.3 is 5.97 Å². The minimum absolute atomic E-state index is 0.214. The number of piperidine rings is 1. The molecule has 176 valence electrons. The highest BCUT2D eigenvalue weighted by Crippen LogP contribution is 2.34. The molecule has 2 aliphatic heterocycles. The second-order valence-corrected chi connectivity index (χ2v) is 9.40. The van der Waals surface area contributed by atoms with E-state index >= 15 is 0 Å². The first-order valence-corrected chi connectivity index (χ1v) is 12.0. The number of nitrogens with one attached hydrogen (secondary N) is 1. The van der Waals surface area contributed by atoms with E-state index in [0.29, 0.717) is 30.1 Å². The number of aromatic amines is 1. The average molecular weight is 468 g/mol. The van der Waals surface area contributed by atoms with E-state index in [9.17, 15) is 19.5 Å². The number of carboxylic acids is 1. The van der Waals surface area contributed by atoms with Crippen molar-refractivity contribution < 1.29 is 19.5 Å².